The van der Waals surface area contributed by atoms with Gasteiger partial charge in [-0.2, -0.15) is 4.98 Å². The second kappa shape index (κ2) is 6.43. The van der Waals surface area contributed by atoms with E-state index in [1.807, 2.05) is 38.1 Å². The van der Waals surface area contributed by atoms with E-state index >= 15 is 0 Å². The SMILES string of the molecule is CCOc1cccc(C(C)Nc2cc(Cl)nc(N)n2)c1. The van der Waals surface area contributed by atoms with Gasteiger partial charge in [0.15, 0.2) is 0 Å². The number of nitrogen functional groups attached to an aromatic ring is 1. The zero-order valence-corrected chi connectivity index (χ0v) is 12.2. The molecule has 20 heavy (non-hydrogen) atoms. The highest BCUT2D eigenvalue weighted by molar-refractivity contribution is 6.29. The van der Waals surface area contributed by atoms with E-state index in [1.54, 1.807) is 6.07 Å². The highest BCUT2D eigenvalue weighted by Gasteiger charge is 2.08. The molecule has 106 valence electrons. The Kier molecular flexibility index (Phi) is 4.63. The van der Waals surface area contributed by atoms with Crippen LogP contribution in [0, 0.1) is 0 Å². The summed E-state index contributed by atoms with van der Waals surface area (Å²) in [4.78, 5) is 7.92. The van der Waals surface area contributed by atoms with Gasteiger partial charge in [0, 0.05) is 6.07 Å². The molecule has 2 aromatic rings. The van der Waals surface area contributed by atoms with Crippen LogP contribution in [0.1, 0.15) is 25.5 Å². The Labute approximate surface area is 123 Å². The smallest absolute Gasteiger partial charge is 0.223 e. The number of nitrogens with zero attached hydrogens (tertiary/aromatic N) is 2. The summed E-state index contributed by atoms with van der Waals surface area (Å²) < 4.78 is 5.49. The standard InChI is InChI=1S/C14H17ClN4O/c1-3-20-11-6-4-5-10(7-11)9(2)17-13-8-12(15)18-14(16)19-13/h4-9H,3H2,1-2H3,(H3,16,17,18,19). The monoisotopic (exact) mass is 292 g/mol. The number of hydrogen-bond acceptors (Lipinski definition) is 5. The summed E-state index contributed by atoms with van der Waals surface area (Å²) in [5.74, 6) is 1.59. The lowest BCUT2D eigenvalue weighted by Crippen LogP contribution is -2.09. The van der Waals surface area contributed by atoms with Gasteiger partial charge in [-0.15, -0.1) is 0 Å². The highest BCUT2D eigenvalue weighted by Crippen LogP contribution is 2.23. The third-order valence-electron chi connectivity index (χ3n) is 2.75. The maximum absolute atomic E-state index is 5.85. The van der Waals surface area contributed by atoms with Gasteiger partial charge in [-0.25, -0.2) is 4.98 Å². The number of halogens is 1. The normalized spacial score (nSPS) is 11.9. The first-order valence-corrected chi connectivity index (χ1v) is 6.75. The van der Waals surface area contributed by atoms with Crippen molar-refractivity contribution >= 4 is 23.4 Å². The number of hydrogen-bond donors (Lipinski definition) is 2. The van der Waals surface area contributed by atoms with Crippen molar-refractivity contribution in [1.82, 2.24) is 9.97 Å². The van der Waals surface area contributed by atoms with Crippen molar-refractivity contribution in [3.63, 3.8) is 0 Å². The minimum absolute atomic E-state index is 0.0424. The number of benzene rings is 1. The number of nitrogens with one attached hydrogen (secondary N) is 1. The van der Waals surface area contributed by atoms with Crippen LogP contribution >= 0.6 is 11.6 Å². The summed E-state index contributed by atoms with van der Waals surface area (Å²) >= 11 is 5.85. The van der Waals surface area contributed by atoms with Crippen molar-refractivity contribution in [2.75, 3.05) is 17.7 Å². The van der Waals surface area contributed by atoms with Crippen molar-refractivity contribution in [3.05, 3.63) is 41.0 Å². The molecular formula is C14H17ClN4O. The molecule has 0 bridgehead atoms. The molecule has 0 aliphatic carbocycles. The van der Waals surface area contributed by atoms with Crippen molar-refractivity contribution in [2.45, 2.75) is 19.9 Å². The zero-order chi connectivity index (χ0) is 14.5. The molecule has 1 atom stereocenters. The maximum Gasteiger partial charge on any atom is 0.223 e. The van der Waals surface area contributed by atoms with Gasteiger partial charge >= 0.3 is 0 Å². The first-order chi connectivity index (χ1) is 9.58. The Morgan fingerprint density at radius 3 is 2.85 bits per heavy atom. The molecule has 6 heteroatoms. The fraction of sp³-hybridized carbons (Fsp3) is 0.286. The Hall–Kier alpha value is -2.01. The van der Waals surface area contributed by atoms with Crippen molar-refractivity contribution in [1.29, 1.82) is 0 Å². The number of rotatable bonds is 5. The largest absolute Gasteiger partial charge is 0.494 e. The highest BCUT2D eigenvalue weighted by atomic mass is 35.5. The van der Waals surface area contributed by atoms with Gasteiger partial charge in [0.1, 0.15) is 16.7 Å². The second-order valence-corrected chi connectivity index (χ2v) is 4.69. The van der Waals surface area contributed by atoms with Crippen LogP contribution in [0.3, 0.4) is 0 Å². The Balaban J connectivity index is 2.14. The molecule has 1 unspecified atom stereocenters. The number of aromatic nitrogens is 2. The molecule has 1 heterocycles. The summed E-state index contributed by atoms with van der Waals surface area (Å²) in [6.07, 6.45) is 0. The molecule has 2 rings (SSSR count). The third kappa shape index (κ3) is 3.74. The molecule has 0 radical (unpaired) electrons. The predicted molar refractivity (Wildman–Crippen MR) is 81.1 cm³/mol. The quantitative estimate of drug-likeness (QED) is 0.827. The molecule has 5 nitrogen and oxygen atoms in total. The molecule has 0 saturated heterocycles. The van der Waals surface area contributed by atoms with Gasteiger partial charge in [-0.3, -0.25) is 0 Å². The lowest BCUT2D eigenvalue weighted by atomic mass is 10.1. The van der Waals surface area contributed by atoms with Crippen LogP contribution < -0.4 is 15.8 Å². The van der Waals surface area contributed by atoms with Gasteiger partial charge < -0.3 is 15.8 Å². The number of nitrogens with two attached hydrogens (primary N) is 1. The molecule has 3 N–H and O–H groups in total. The summed E-state index contributed by atoms with van der Waals surface area (Å²) in [5.41, 5.74) is 6.66. The minimum atomic E-state index is 0.0424. The molecule has 0 fully saturated rings. The molecule has 0 saturated carbocycles. The maximum atomic E-state index is 5.85. The molecule has 0 aliphatic heterocycles. The van der Waals surface area contributed by atoms with E-state index in [0.29, 0.717) is 17.6 Å². The Morgan fingerprint density at radius 2 is 2.15 bits per heavy atom. The lowest BCUT2D eigenvalue weighted by Gasteiger charge is -2.16. The summed E-state index contributed by atoms with van der Waals surface area (Å²) in [7, 11) is 0. The average molecular weight is 293 g/mol. The van der Waals surface area contributed by atoms with Crippen LogP contribution in [0.4, 0.5) is 11.8 Å². The van der Waals surface area contributed by atoms with Gasteiger partial charge in [0.05, 0.1) is 12.6 Å². The number of ether oxygens (including phenoxy) is 1. The fourth-order valence-electron chi connectivity index (χ4n) is 1.85. The molecule has 0 spiro atoms. The van der Waals surface area contributed by atoms with E-state index in [1.165, 1.54) is 0 Å². The van der Waals surface area contributed by atoms with E-state index in [4.69, 9.17) is 22.1 Å². The van der Waals surface area contributed by atoms with Crippen LogP contribution in [0.2, 0.25) is 5.15 Å². The number of anilines is 2. The summed E-state index contributed by atoms with van der Waals surface area (Å²) in [5, 5.41) is 3.55. The van der Waals surface area contributed by atoms with Crippen LogP contribution in [-0.4, -0.2) is 16.6 Å². The van der Waals surface area contributed by atoms with Crippen LogP contribution in [0.5, 0.6) is 5.75 Å². The van der Waals surface area contributed by atoms with Crippen molar-refractivity contribution < 1.29 is 4.74 Å². The molecule has 0 amide bonds. The Bertz CT molecular complexity index is 571. The van der Waals surface area contributed by atoms with Gasteiger partial charge in [0.2, 0.25) is 5.95 Å². The molecular weight excluding hydrogens is 276 g/mol. The second-order valence-electron chi connectivity index (χ2n) is 4.31. The zero-order valence-electron chi connectivity index (χ0n) is 11.4. The van der Waals surface area contributed by atoms with E-state index in [2.05, 4.69) is 15.3 Å². The van der Waals surface area contributed by atoms with E-state index in [-0.39, 0.29) is 12.0 Å². The van der Waals surface area contributed by atoms with Crippen LogP contribution in [-0.2, 0) is 0 Å². The molecule has 0 aliphatic rings. The van der Waals surface area contributed by atoms with Crippen molar-refractivity contribution in [3.8, 4) is 5.75 Å². The van der Waals surface area contributed by atoms with Gasteiger partial charge in [-0.1, -0.05) is 23.7 Å². The van der Waals surface area contributed by atoms with Gasteiger partial charge in [0.25, 0.3) is 0 Å². The molecule has 1 aromatic heterocycles. The third-order valence-corrected chi connectivity index (χ3v) is 2.94. The van der Waals surface area contributed by atoms with Crippen molar-refractivity contribution in [2.24, 2.45) is 0 Å². The minimum Gasteiger partial charge on any atom is -0.494 e. The van der Waals surface area contributed by atoms with Gasteiger partial charge in [-0.05, 0) is 31.5 Å². The lowest BCUT2D eigenvalue weighted by molar-refractivity contribution is 0.340. The van der Waals surface area contributed by atoms with E-state index < -0.39 is 0 Å². The first kappa shape index (κ1) is 14.4. The summed E-state index contributed by atoms with van der Waals surface area (Å²) in [6.45, 7) is 4.63. The Morgan fingerprint density at radius 1 is 1.35 bits per heavy atom. The topological polar surface area (TPSA) is 73.1 Å². The summed E-state index contributed by atoms with van der Waals surface area (Å²) in [6, 6.07) is 9.58. The van der Waals surface area contributed by atoms with Crippen LogP contribution in [0.15, 0.2) is 30.3 Å². The van der Waals surface area contributed by atoms with Crippen LogP contribution in [0.25, 0.3) is 0 Å². The fourth-order valence-corrected chi connectivity index (χ4v) is 2.04. The van der Waals surface area contributed by atoms with E-state index in [9.17, 15) is 0 Å². The molecule has 1 aromatic carbocycles. The van der Waals surface area contributed by atoms with E-state index in [0.717, 1.165) is 11.3 Å². The predicted octanol–water partition coefficient (Wildman–Crippen LogP) is 3.28. The average Bonchev–Trinajstić information content (AvgIpc) is 2.38. The first-order valence-electron chi connectivity index (χ1n) is 6.38.